The average Bonchev–Trinajstić information content (AvgIpc) is 2.91. The highest BCUT2D eigenvalue weighted by atomic mass is 16.5. The average molecular weight is 297 g/mol. The third-order valence-corrected chi connectivity index (χ3v) is 4.26. The molecule has 2 rings (SSSR count). The van der Waals surface area contributed by atoms with Gasteiger partial charge in [-0.3, -0.25) is 9.58 Å². The van der Waals surface area contributed by atoms with E-state index in [9.17, 15) is 5.11 Å². The summed E-state index contributed by atoms with van der Waals surface area (Å²) in [4.78, 5) is 2.26. The molecule has 0 bridgehead atoms. The molecule has 1 N–H and O–H groups in total. The minimum Gasteiger partial charge on any atom is -0.493 e. The summed E-state index contributed by atoms with van der Waals surface area (Å²) >= 11 is 0. The number of aromatic nitrogens is 2. The highest BCUT2D eigenvalue weighted by Crippen LogP contribution is 2.37. The zero-order chi connectivity index (χ0) is 15.6. The second-order valence-electron chi connectivity index (χ2n) is 6.29. The van der Waals surface area contributed by atoms with Gasteiger partial charge in [0.25, 0.3) is 0 Å². The lowest BCUT2D eigenvalue weighted by Crippen LogP contribution is -2.53. The number of aliphatic hydroxyl groups excluding tert-OH is 1. The fourth-order valence-electron chi connectivity index (χ4n) is 2.83. The Morgan fingerprint density at radius 3 is 2.48 bits per heavy atom. The van der Waals surface area contributed by atoms with Crippen LogP contribution in [0.4, 0.5) is 0 Å². The lowest BCUT2D eigenvalue weighted by atomic mass is 9.91. The molecule has 1 aliphatic rings. The Hall–Kier alpha value is -1.11. The summed E-state index contributed by atoms with van der Waals surface area (Å²) in [5.41, 5.74) is 0.327. The third-order valence-electron chi connectivity index (χ3n) is 4.26. The molecule has 0 aromatic carbocycles. The lowest BCUT2D eigenvalue weighted by Gasteiger charge is -2.43. The summed E-state index contributed by atoms with van der Waals surface area (Å²) in [6, 6.07) is 0.166. The molecule has 0 saturated carbocycles. The standard InChI is InChI=1S/C15H27N3O3/c1-11(2)18-13(12(20-5)10-16-18)14(19)15(3,4)17-6-8-21-9-7-17/h10-11,14,19H,6-9H2,1-5H3. The maximum absolute atomic E-state index is 11.0. The van der Waals surface area contributed by atoms with E-state index in [1.54, 1.807) is 13.3 Å². The lowest BCUT2D eigenvalue weighted by molar-refractivity contribution is -0.0662. The third kappa shape index (κ3) is 3.07. The largest absolute Gasteiger partial charge is 0.493 e. The smallest absolute Gasteiger partial charge is 0.162 e. The quantitative estimate of drug-likeness (QED) is 0.895. The van der Waals surface area contributed by atoms with Crippen LogP contribution < -0.4 is 4.74 Å². The molecule has 6 heteroatoms. The summed E-state index contributed by atoms with van der Waals surface area (Å²) in [5.74, 6) is 0.637. The van der Waals surface area contributed by atoms with Gasteiger partial charge in [0.1, 0.15) is 11.8 Å². The van der Waals surface area contributed by atoms with Crippen LogP contribution in [-0.2, 0) is 4.74 Å². The summed E-state index contributed by atoms with van der Waals surface area (Å²) in [6.07, 6.45) is 0.990. The molecular weight excluding hydrogens is 270 g/mol. The first-order chi connectivity index (χ1) is 9.89. The maximum Gasteiger partial charge on any atom is 0.162 e. The van der Waals surface area contributed by atoms with Crippen LogP contribution in [0.1, 0.15) is 45.5 Å². The summed E-state index contributed by atoms with van der Waals surface area (Å²) in [6.45, 7) is 11.3. The minimum absolute atomic E-state index is 0.166. The number of ether oxygens (including phenoxy) is 2. The summed E-state index contributed by atoms with van der Waals surface area (Å²) in [7, 11) is 1.61. The molecule has 1 aromatic rings. The van der Waals surface area contributed by atoms with E-state index in [-0.39, 0.29) is 6.04 Å². The molecule has 120 valence electrons. The molecule has 0 spiro atoms. The van der Waals surface area contributed by atoms with Crippen molar-refractivity contribution < 1.29 is 14.6 Å². The first kappa shape index (κ1) is 16.3. The van der Waals surface area contributed by atoms with E-state index in [1.165, 1.54) is 0 Å². The van der Waals surface area contributed by atoms with Gasteiger partial charge in [-0.25, -0.2) is 0 Å². The molecule has 1 aliphatic heterocycles. The fraction of sp³-hybridized carbons (Fsp3) is 0.800. The van der Waals surface area contributed by atoms with Crippen LogP contribution in [0.15, 0.2) is 6.20 Å². The van der Waals surface area contributed by atoms with Crippen molar-refractivity contribution in [2.24, 2.45) is 0 Å². The van der Waals surface area contributed by atoms with Gasteiger partial charge in [-0.2, -0.15) is 5.10 Å². The van der Waals surface area contributed by atoms with Crippen molar-refractivity contribution in [3.05, 3.63) is 11.9 Å². The van der Waals surface area contributed by atoms with Gasteiger partial charge in [0.15, 0.2) is 5.75 Å². The Kier molecular flexibility index (Phi) is 4.91. The highest BCUT2D eigenvalue weighted by molar-refractivity contribution is 5.30. The van der Waals surface area contributed by atoms with Crippen molar-refractivity contribution in [2.45, 2.75) is 45.4 Å². The van der Waals surface area contributed by atoms with Crippen LogP contribution >= 0.6 is 0 Å². The predicted molar refractivity (Wildman–Crippen MR) is 80.6 cm³/mol. The Bertz CT molecular complexity index is 465. The van der Waals surface area contributed by atoms with Crippen molar-refractivity contribution in [3.8, 4) is 5.75 Å². The first-order valence-electron chi connectivity index (χ1n) is 7.51. The normalized spacial score (nSPS) is 19.0. The Balaban J connectivity index is 2.33. The molecule has 1 unspecified atom stereocenters. The first-order valence-corrected chi connectivity index (χ1v) is 7.51. The van der Waals surface area contributed by atoms with E-state index in [0.717, 1.165) is 18.8 Å². The zero-order valence-corrected chi connectivity index (χ0v) is 13.7. The van der Waals surface area contributed by atoms with E-state index < -0.39 is 11.6 Å². The molecule has 1 aromatic heterocycles. The second kappa shape index (κ2) is 6.34. The van der Waals surface area contributed by atoms with Gasteiger partial charge in [-0.05, 0) is 27.7 Å². The second-order valence-corrected chi connectivity index (χ2v) is 6.29. The van der Waals surface area contributed by atoms with Crippen LogP contribution in [0.2, 0.25) is 0 Å². The monoisotopic (exact) mass is 297 g/mol. The summed E-state index contributed by atoms with van der Waals surface area (Å²) < 4.78 is 12.6. The molecule has 0 radical (unpaired) electrons. The van der Waals surface area contributed by atoms with Gasteiger partial charge in [-0.15, -0.1) is 0 Å². The van der Waals surface area contributed by atoms with Gasteiger partial charge >= 0.3 is 0 Å². The van der Waals surface area contributed by atoms with Crippen molar-refractivity contribution >= 4 is 0 Å². The fourth-order valence-corrected chi connectivity index (χ4v) is 2.83. The van der Waals surface area contributed by atoms with Gasteiger partial charge in [0.2, 0.25) is 0 Å². The minimum atomic E-state index is -0.685. The number of aliphatic hydroxyl groups is 1. The molecule has 1 fully saturated rings. The number of hydrogen-bond donors (Lipinski definition) is 1. The van der Waals surface area contributed by atoms with Gasteiger partial charge in [-0.1, -0.05) is 0 Å². The van der Waals surface area contributed by atoms with E-state index in [0.29, 0.717) is 19.0 Å². The Morgan fingerprint density at radius 2 is 1.95 bits per heavy atom. The Morgan fingerprint density at radius 1 is 1.33 bits per heavy atom. The maximum atomic E-state index is 11.0. The number of hydrogen-bond acceptors (Lipinski definition) is 5. The molecule has 0 amide bonds. The van der Waals surface area contributed by atoms with E-state index in [1.807, 2.05) is 18.5 Å². The molecule has 2 heterocycles. The van der Waals surface area contributed by atoms with Crippen LogP contribution in [0.25, 0.3) is 0 Å². The molecule has 1 saturated heterocycles. The van der Waals surface area contributed by atoms with Crippen LogP contribution in [0.5, 0.6) is 5.75 Å². The topological polar surface area (TPSA) is 59.8 Å². The summed E-state index contributed by atoms with van der Waals surface area (Å²) in [5, 5.41) is 15.4. The zero-order valence-electron chi connectivity index (χ0n) is 13.7. The van der Waals surface area contributed by atoms with Crippen LogP contribution in [0.3, 0.4) is 0 Å². The highest BCUT2D eigenvalue weighted by Gasteiger charge is 2.39. The van der Waals surface area contributed by atoms with E-state index >= 15 is 0 Å². The van der Waals surface area contributed by atoms with Gasteiger partial charge in [0, 0.05) is 24.7 Å². The molecule has 1 atom stereocenters. The van der Waals surface area contributed by atoms with Gasteiger partial charge in [0.05, 0.1) is 26.5 Å². The number of morpholine rings is 1. The van der Waals surface area contributed by atoms with E-state index in [2.05, 4.69) is 23.8 Å². The Labute approximate surface area is 126 Å². The van der Waals surface area contributed by atoms with Crippen molar-refractivity contribution in [3.63, 3.8) is 0 Å². The van der Waals surface area contributed by atoms with Crippen molar-refractivity contribution in [1.82, 2.24) is 14.7 Å². The molecule has 6 nitrogen and oxygen atoms in total. The van der Waals surface area contributed by atoms with Crippen molar-refractivity contribution in [2.75, 3.05) is 33.4 Å². The molecular formula is C15H27N3O3. The van der Waals surface area contributed by atoms with Crippen molar-refractivity contribution in [1.29, 1.82) is 0 Å². The number of methoxy groups -OCH3 is 1. The predicted octanol–water partition coefficient (Wildman–Crippen LogP) is 1.62. The van der Waals surface area contributed by atoms with Crippen LogP contribution in [-0.4, -0.2) is 58.7 Å². The molecule has 21 heavy (non-hydrogen) atoms. The number of nitrogens with zero attached hydrogens (tertiary/aromatic N) is 3. The van der Waals surface area contributed by atoms with Crippen LogP contribution in [0, 0.1) is 0 Å². The van der Waals surface area contributed by atoms with E-state index in [4.69, 9.17) is 9.47 Å². The molecule has 0 aliphatic carbocycles. The van der Waals surface area contributed by atoms with Gasteiger partial charge < -0.3 is 14.6 Å². The number of rotatable bonds is 5. The SMILES string of the molecule is COc1cnn(C(C)C)c1C(O)C(C)(C)N1CCOCC1.